The Morgan fingerprint density at radius 1 is 1.35 bits per heavy atom. The molecular formula is C15H19N3O2. The van der Waals surface area contributed by atoms with Crippen LogP contribution in [0.1, 0.15) is 35.3 Å². The maximum atomic E-state index is 5.36. The normalized spacial score (nSPS) is 22.3. The quantitative estimate of drug-likeness (QED) is 0.923. The summed E-state index contributed by atoms with van der Waals surface area (Å²) in [5.41, 5.74) is 2.44. The van der Waals surface area contributed by atoms with Gasteiger partial charge in [-0.3, -0.25) is 0 Å². The van der Waals surface area contributed by atoms with Crippen LogP contribution in [-0.4, -0.2) is 29.9 Å². The summed E-state index contributed by atoms with van der Waals surface area (Å²) in [7, 11) is 1.73. The summed E-state index contributed by atoms with van der Waals surface area (Å²) in [5, 5.41) is 7.40. The predicted octanol–water partition coefficient (Wildman–Crippen LogP) is 2.02. The SMILES string of the molecule is COC1CNC(c2nc(Cc3ccc(C)cc3)no2)C1. The molecule has 1 aliphatic heterocycles. The van der Waals surface area contributed by atoms with Crippen molar-refractivity contribution in [1.82, 2.24) is 15.5 Å². The highest BCUT2D eigenvalue weighted by Gasteiger charge is 2.29. The van der Waals surface area contributed by atoms with Crippen LogP contribution in [0, 0.1) is 6.92 Å². The molecule has 2 unspecified atom stereocenters. The fourth-order valence-electron chi connectivity index (χ4n) is 2.44. The summed E-state index contributed by atoms with van der Waals surface area (Å²) >= 11 is 0. The zero-order valence-corrected chi connectivity index (χ0v) is 11.8. The maximum absolute atomic E-state index is 5.36. The van der Waals surface area contributed by atoms with Crippen molar-refractivity contribution in [3.63, 3.8) is 0 Å². The molecule has 1 saturated heterocycles. The molecule has 1 aromatic carbocycles. The van der Waals surface area contributed by atoms with E-state index >= 15 is 0 Å². The third-order valence-electron chi connectivity index (χ3n) is 3.69. The van der Waals surface area contributed by atoms with Gasteiger partial charge in [0.25, 0.3) is 0 Å². The molecule has 2 atom stereocenters. The molecule has 0 bridgehead atoms. The summed E-state index contributed by atoms with van der Waals surface area (Å²) in [6, 6.07) is 8.50. The Morgan fingerprint density at radius 3 is 2.85 bits per heavy atom. The third-order valence-corrected chi connectivity index (χ3v) is 3.69. The van der Waals surface area contributed by atoms with E-state index in [1.807, 2.05) is 0 Å². The van der Waals surface area contributed by atoms with E-state index in [9.17, 15) is 0 Å². The molecule has 5 heteroatoms. The maximum Gasteiger partial charge on any atom is 0.243 e. The number of hydrogen-bond acceptors (Lipinski definition) is 5. The molecule has 106 valence electrons. The minimum Gasteiger partial charge on any atom is -0.380 e. The van der Waals surface area contributed by atoms with Gasteiger partial charge >= 0.3 is 0 Å². The summed E-state index contributed by atoms with van der Waals surface area (Å²) in [4.78, 5) is 4.48. The summed E-state index contributed by atoms with van der Waals surface area (Å²) in [6.45, 7) is 2.91. The van der Waals surface area contributed by atoms with Gasteiger partial charge in [-0.25, -0.2) is 0 Å². The number of aryl methyl sites for hydroxylation is 1. The Kier molecular flexibility index (Phi) is 3.80. The van der Waals surface area contributed by atoms with Gasteiger partial charge in [0.15, 0.2) is 5.82 Å². The van der Waals surface area contributed by atoms with Gasteiger partial charge in [-0.05, 0) is 18.9 Å². The molecule has 0 spiro atoms. The molecule has 3 rings (SSSR count). The first kappa shape index (κ1) is 13.3. The van der Waals surface area contributed by atoms with E-state index in [4.69, 9.17) is 9.26 Å². The van der Waals surface area contributed by atoms with Crippen LogP contribution >= 0.6 is 0 Å². The minimum absolute atomic E-state index is 0.110. The average molecular weight is 273 g/mol. The van der Waals surface area contributed by atoms with E-state index in [0.29, 0.717) is 12.3 Å². The van der Waals surface area contributed by atoms with Gasteiger partial charge in [0.2, 0.25) is 5.89 Å². The lowest BCUT2D eigenvalue weighted by Crippen LogP contribution is -2.16. The van der Waals surface area contributed by atoms with E-state index in [1.54, 1.807) is 7.11 Å². The summed E-state index contributed by atoms with van der Waals surface area (Å²) < 4.78 is 10.7. The fourth-order valence-corrected chi connectivity index (χ4v) is 2.44. The molecule has 0 amide bonds. The Balaban J connectivity index is 1.66. The van der Waals surface area contributed by atoms with Gasteiger partial charge < -0.3 is 14.6 Å². The van der Waals surface area contributed by atoms with Gasteiger partial charge in [-0.2, -0.15) is 4.98 Å². The molecule has 1 aromatic heterocycles. The third kappa shape index (κ3) is 2.89. The number of ether oxygens (including phenoxy) is 1. The Labute approximate surface area is 118 Å². The first-order valence-electron chi connectivity index (χ1n) is 6.89. The monoisotopic (exact) mass is 273 g/mol. The lowest BCUT2D eigenvalue weighted by atomic mass is 10.1. The van der Waals surface area contributed by atoms with E-state index < -0.39 is 0 Å². The van der Waals surface area contributed by atoms with Gasteiger partial charge in [-0.1, -0.05) is 35.0 Å². The lowest BCUT2D eigenvalue weighted by Gasteiger charge is -2.04. The first-order chi connectivity index (χ1) is 9.74. The Morgan fingerprint density at radius 2 is 2.15 bits per heavy atom. The molecule has 0 aliphatic carbocycles. The van der Waals surface area contributed by atoms with Crippen LogP contribution in [0.4, 0.5) is 0 Å². The molecule has 20 heavy (non-hydrogen) atoms. The molecule has 0 radical (unpaired) electrons. The van der Waals surface area contributed by atoms with Crippen LogP contribution in [0.25, 0.3) is 0 Å². The number of rotatable bonds is 4. The van der Waals surface area contributed by atoms with Gasteiger partial charge in [0.1, 0.15) is 0 Å². The van der Waals surface area contributed by atoms with Gasteiger partial charge in [0, 0.05) is 20.1 Å². The Bertz CT molecular complexity index is 565. The molecule has 0 saturated carbocycles. The molecule has 2 heterocycles. The van der Waals surface area contributed by atoms with Gasteiger partial charge in [-0.15, -0.1) is 0 Å². The second-order valence-corrected chi connectivity index (χ2v) is 5.27. The largest absolute Gasteiger partial charge is 0.380 e. The van der Waals surface area contributed by atoms with Crippen molar-refractivity contribution < 1.29 is 9.26 Å². The smallest absolute Gasteiger partial charge is 0.243 e. The second kappa shape index (κ2) is 5.73. The van der Waals surface area contributed by atoms with Crippen LogP contribution < -0.4 is 5.32 Å². The fraction of sp³-hybridized carbons (Fsp3) is 0.467. The van der Waals surface area contributed by atoms with Crippen molar-refractivity contribution >= 4 is 0 Å². The highest BCUT2D eigenvalue weighted by Crippen LogP contribution is 2.23. The van der Waals surface area contributed by atoms with Crippen molar-refractivity contribution in [2.45, 2.75) is 31.9 Å². The van der Waals surface area contributed by atoms with Crippen LogP contribution in [0.2, 0.25) is 0 Å². The zero-order valence-electron chi connectivity index (χ0n) is 11.8. The molecule has 2 aromatic rings. The lowest BCUT2D eigenvalue weighted by molar-refractivity contribution is 0.116. The van der Waals surface area contributed by atoms with Crippen LogP contribution in [-0.2, 0) is 11.2 Å². The van der Waals surface area contributed by atoms with Gasteiger partial charge in [0.05, 0.1) is 12.1 Å². The van der Waals surface area contributed by atoms with E-state index in [2.05, 4.69) is 46.6 Å². The number of methoxy groups -OCH3 is 1. The average Bonchev–Trinajstić information content (AvgIpc) is 3.10. The topological polar surface area (TPSA) is 60.2 Å². The number of aromatic nitrogens is 2. The van der Waals surface area contributed by atoms with Crippen LogP contribution in [0.3, 0.4) is 0 Å². The summed E-state index contributed by atoms with van der Waals surface area (Å²) in [6.07, 6.45) is 1.81. The van der Waals surface area contributed by atoms with E-state index in [1.165, 1.54) is 11.1 Å². The van der Waals surface area contributed by atoms with Crippen molar-refractivity contribution in [2.24, 2.45) is 0 Å². The molecule has 1 fully saturated rings. The summed E-state index contributed by atoms with van der Waals surface area (Å²) in [5.74, 6) is 1.39. The van der Waals surface area contributed by atoms with Crippen molar-refractivity contribution in [3.05, 3.63) is 47.1 Å². The number of nitrogens with one attached hydrogen (secondary N) is 1. The predicted molar refractivity (Wildman–Crippen MR) is 74.4 cm³/mol. The van der Waals surface area contributed by atoms with E-state index in [-0.39, 0.29) is 12.1 Å². The van der Waals surface area contributed by atoms with Crippen LogP contribution in [0.5, 0.6) is 0 Å². The number of benzene rings is 1. The van der Waals surface area contributed by atoms with E-state index in [0.717, 1.165) is 18.8 Å². The Hall–Kier alpha value is -1.72. The highest BCUT2D eigenvalue weighted by molar-refractivity contribution is 5.23. The molecule has 1 aliphatic rings. The first-order valence-corrected chi connectivity index (χ1v) is 6.89. The molecule has 5 nitrogen and oxygen atoms in total. The van der Waals surface area contributed by atoms with Crippen molar-refractivity contribution in [3.8, 4) is 0 Å². The van der Waals surface area contributed by atoms with Crippen molar-refractivity contribution in [1.29, 1.82) is 0 Å². The molecule has 1 N–H and O–H groups in total. The van der Waals surface area contributed by atoms with Crippen molar-refractivity contribution in [2.75, 3.05) is 13.7 Å². The zero-order chi connectivity index (χ0) is 13.9. The van der Waals surface area contributed by atoms with Crippen LogP contribution in [0.15, 0.2) is 28.8 Å². The number of nitrogens with zero attached hydrogens (tertiary/aromatic N) is 2. The highest BCUT2D eigenvalue weighted by atomic mass is 16.5. The standard InChI is InChI=1S/C15H19N3O2/c1-10-3-5-11(6-4-10)7-14-17-15(20-18-14)13-8-12(19-2)9-16-13/h3-6,12-13,16H,7-9H2,1-2H3. The minimum atomic E-state index is 0.110. The molecular weight excluding hydrogens is 254 g/mol. The number of hydrogen-bond donors (Lipinski definition) is 1. The second-order valence-electron chi connectivity index (χ2n) is 5.27.